The van der Waals surface area contributed by atoms with Crippen molar-refractivity contribution < 1.29 is 18.3 Å². The summed E-state index contributed by atoms with van der Waals surface area (Å²) in [4.78, 5) is 4.49. The molecule has 0 spiro atoms. The summed E-state index contributed by atoms with van der Waals surface area (Å²) in [6.45, 7) is 55.2. The summed E-state index contributed by atoms with van der Waals surface area (Å²) in [7, 11) is 10.6. The molecule has 5 heterocycles. The molecule has 6 heteroatoms. The van der Waals surface area contributed by atoms with Gasteiger partial charge in [-0.3, -0.25) is 0 Å². The van der Waals surface area contributed by atoms with Crippen molar-refractivity contribution >= 4 is 38.1 Å². The van der Waals surface area contributed by atoms with Crippen LogP contribution in [0.1, 0.15) is 190 Å². The minimum Gasteiger partial charge on any atom is -0.359 e. The topological polar surface area (TPSA) is 22.0 Å². The third-order valence-corrected chi connectivity index (χ3v) is 18.2. The molecule has 110 heavy (non-hydrogen) atoms. The molecule has 0 radical (unpaired) electrons. The predicted octanol–water partition coefficient (Wildman–Crippen LogP) is 28.1. The molecule has 0 saturated heterocycles. The number of para-hydroxylation sites is 2. The molecule has 0 saturated carbocycles. The monoisotopic (exact) mass is 1480 g/mol. The molecule has 13 aromatic rings. The van der Waals surface area contributed by atoms with E-state index in [1.165, 1.54) is 139 Å². The molecule has 15 rings (SSSR count). The largest absolute Gasteiger partial charge is 0.359 e. The summed E-state index contributed by atoms with van der Waals surface area (Å²) in [6, 6.07) is 88.2. The molecule has 1 atom stereocenters. The van der Waals surface area contributed by atoms with Crippen LogP contribution < -0.4 is 23.2 Å². The van der Waals surface area contributed by atoms with E-state index in [0.717, 1.165) is 6.42 Å². The maximum Gasteiger partial charge on any atom is 0.220 e. The summed E-state index contributed by atoms with van der Waals surface area (Å²) < 4.78 is 8.96. The zero-order valence-electron chi connectivity index (χ0n) is 74.4. The molecule has 2 aliphatic rings. The lowest BCUT2D eigenvalue weighted by Gasteiger charge is -2.28. The number of hydrogen-bond acceptors (Lipinski definition) is 2. The zero-order chi connectivity index (χ0) is 83.0. The molecule has 0 bridgehead atoms. The van der Waals surface area contributed by atoms with E-state index < -0.39 is 0 Å². The number of hydrogen-bond donors (Lipinski definition) is 0. The Morgan fingerprint density at radius 1 is 0.318 bits per heavy atom. The van der Waals surface area contributed by atoms with Crippen LogP contribution in [-0.4, -0.2) is 18.1 Å². The van der Waals surface area contributed by atoms with Crippen LogP contribution in [0.5, 0.6) is 0 Å². The van der Waals surface area contributed by atoms with E-state index in [1.54, 1.807) is 0 Å². The van der Waals surface area contributed by atoms with Gasteiger partial charge < -0.3 is 9.80 Å². The van der Waals surface area contributed by atoms with E-state index in [0.29, 0.717) is 6.17 Å². The van der Waals surface area contributed by atoms with E-state index in [2.05, 4.69) is 385 Å². The average molecular weight is 1480 g/mol. The first-order valence-corrected chi connectivity index (χ1v) is 41.4. The Kier molecular flexibility index (Phi) is 48.2. The SMILES string of the molecule is CC.CC.CC.CC.CC.CC.CC.CC.CC.CC.Cc1ccc2c(c1-c1cccc[n+]1C)Cc1ccccc1-2.Cc1ccccc1-c1c2ccccc2cc[n+]1C.Cc1ccccc1-c1cc2ccccc2c(C)[n+]1C.Cc1ccccc1-c1ccc2ccccc2[n+]1C.Cc1ccccc1N1C=CN(C)[C@@H]1C. The fourth-order valence-electron chi connectivity index (χ4n) is 12.9. The molecule has 4 aromatic heterocycles. The van der Waals surface area contributed by atoms with E-state index in [9.17, 15) is 0 Å². The molecule has 586 valence electrons. The first-order valence-electron chi connectivity index (χ1n) is 41.4. The Morgan fingerprint density at radius 3 is 1.31 bits per heavy atom. The van der Waals surface area contributed by atoms with Crippen LogP contribution in [0, 0.1) is 41.5 Å². The van der Waals surface area contributed by atoms with Crippen molar-refractivity contribution in [2.24, 2.45) is 28.2 Å². The molecule has 1 aliphatic carbocycles. The number of pyridine rings is 4. The number of nitrogens with zero attached hydrogens (tertiary/aromatic N) is 6. The number of rotatable bonds is 5. The highest BCUT2D eigenvalue weighted by molar-refractivity contribution is 5.93. The van der Waals surface area contributed by atoms with Gasteiger partial charge in [-0.05, 0) is 163 Å². The van der Waals surface area contributed by atoms with Gasteiger partial charge in [0, 0.05) is 95.9 Å². The minimum atomic E-state index is 0.413. The van der Waals surface area contributed by atoms with Crippen LogP contribution in [0.2, 0.25) is 0 Å². The lowest BCUT2D eigenvalue weighted by atomic mass is 9.94. The number of anilines is 1. The normalized spacial score (nSPS) is 10.9. The average Bonchev–Trinajstić information content (AvgIpc) is 1.57. The molecule has 0 N–H and O–H groups in total. The van der Waals surface area contributed by atoms with Gasteiger partial charge in [-0.1, -0.05) is 296 Å². The summed E-state index contributed by atoms with van der Waals surface area (Å²) in [6.07, 6.45) is 9.94. The quantitative estimate of drug-likeness (QED) is 0.160. The van der Waals surface area contributed by atoms with Crippen LogP contribution in [0.25, 0.3) is 88.6 Å². The second-order valence-electron chi connectivity index (χ2n) is 24.0. The summed E-state index contributed by atoms with van der Waals surface area (Å²) in [5, 5.41) is 6.49. The Hall–Kier alpha value is -10.3. The van der Waals surface area contributed by atoms with Crippen molar-refractivity contribution in [2.45, 2.75) is 200 Å². The molecule has 9 aromatic carbocycles. The Morgan fingerprint density at radius 2 is 0.773 bits per heavy atom. The van der Waals surface area contributed by atoms with Crippen molar-refractivity contribution in [2.75, 3.05) is 11.9 Å². The molecular formula is C104H144N6+4. The standard InChI is InChI=1S/C20H18N.C18H18N.2C17H16N.C12H16N2.10C2H6/c1-14-10-11-17-16-8-4-3-7-15(16)13-18(17)20(14)19-9-5-6-12-21(19)2;1-13-8-4-6-10-16(13)18-12-15-9-5-7-11-17(15)14(2)19(18)3;1-13-7-3-5-9-15(13)17-16-10-6-4-8-14(16)11-12-18(17)2;1-13-7-3-5-9-15(13)17-12-11-14-8-4-6-10-16(14)18(17)2;1-10-6-4-5-7-12(10)14-9-8-13(3)11(14)2;10*1-2/h3-12H,13H2,1-2H3;4-12H,1-3H3;2*3-12H,1-2H3;4-9,11H,1-3H3;10*1-2H3/q4*+1;;;;;;;;;;;/t;;;;11-;;;;;;;;;;/m....0........../s1. The fourth-order valence-corrected chi connectivity index (χ4v) is 12.9. The molecule has 0 unspecified atom stereocenters. The lowest BCUT2D eigenvalue weighted by molar-refractivity contribution is -0.665. The number of benzene rings is 9. The van der Waals surface area contributed by atoms with Gasteiger partial charge >= 0.3 is 0 Å². The number of fused-ring (bicyclic) bond motifs is 6. The second-order valence-corrected chi connectivity index (χ2v) is 24.0. The maximum atomic E-state index is 2.29. The molecule has 6 nitrogen and oxygen atoms in total. The molecular weight excluding hydrogens is 1330 g/mol. The van der Waals surface area contributed by atoms with E-state index in [1.807, 2.05) is 138 Å². The Balaban J connectivity index is 0.000000651. The van der Waals surface area contributed by atoms with Crippen LogP contribution >= 0.6 is 0 Å². The molecule has 1 aliphatic heterocycles. The lowest BCUT2D eigenvalue weighted by Crippen LogP contribution is -2.35. The fraction of sp³-hybridized carbons (Fsp3) is 0.327. The highest BCUT2D eigenvalue weighted by Crippen LogP contribution is 2.42. The van der Waals surface area contributed by atoms with Crippen LogP contribution in [0.3, 0.4) is 0 Å². The van der Waals surface area contributed by atoms with Crippen LogP contribution in [-0.2, 0) is 34.6 Å². The highest BCUT2D eigenvalue weighted by Gasteiger charge is 2.27. The first kappa shape index (κ1) is 97.7. The van der Waals surface area contributed by atoms with Gasteiger partial charge in [0.1, 0.15) is 34.4 Å². The van der Waals surface area contributed by atoms with Crippen molar-refractivity contribution in [1.29, 1.82) is 0 Å². The predicted molar refractivity (Wildman–Crippen MR) is 490 cm³/mol. The minimum absolute atomic E-state index is 0.413. The number of aromatic nitrogens is 4. The highest BCUT2D eigenvalue weighted by atomic mass is 15.4. The third kappa shape index (κ3) is 25.7. The van der Waals surface area contributed by atoms with Crippen LogP contribution in [0.15, 0.2) is 274 Å². The van der Waals surface area contributed by atoms with E-state index in [-0.39, 0.29) is 0 Å². The molecule has 0 amide bonds. The van der Waals surface area contributed by atoms with Gasteiger partial charge in [0.15, 0.2) is 18.1 Å². The number of aryl methyl sites for hydroxylation is 9. The summed E-state index contributed by atoms with van der Waals surface area (Å²) in [5.41, 5.74) is 26.6. The van der Waals surface area contributed by atoms with E-state index >= 15 is 0 Å². The van der Waals surface area contributed by atoms with Gasteiger partial charge in [0.25, 0.3) is 0 Å². The van der Waals surface area contributed by atoms with Gasteiger partial charge in [0.2, 0.25) is 28.3 Å². The summed E-state index contributed by atoms with van der Waals surface area (Å²) >= 11 is 0. The first-order chi connectivity index (χ1) is 53.7. The van der Waals surface area contributed by atoms with Gasteiger partial charge in [-0.15, -0.1) is 0 Å². The second kappa shape index (κ2) is 54.3. The maximum absolute atomic E-state index is 2.29. The molecule has 0 fully saturated rings. The zero-order valence-corrected chi connectivity index (χ0v) is 74.4. The van der Waals surface area contributed by atoms with E-state index in [4.69, 9.17) is 0 Å². The smallest absolute Gasteiger partial charge is 0.220 e. The van der Waals surface area contributed by atoms with Crippen LogP contribution in [0.4, 0.5) is 5.69 Å². The van der Waals surface area contributed by atoms with Crippen molar-refractivity contribution in [3.63, 3.8) is 0 Å². The van der Waals surface area contributed by atoms with Crippen molar-refractivity contribution in [3.05, 3.63) is 318 Å². The Labute approximate surface area is 671 Å². The van der Waals surface area contributed by atoms with Gasteiger partial charge in [0.05, 0.1) is 10.9 Å². The van der Waals surface area contributed by atoms with Gasteiger partial charge in [-0.25, -0.2) is 9.13 Å². The third-order valence-electron chi connectivity index (χ3n) is 18.2. The van der Waals surface area contributed by atoms with Crippen molar-refractivity contribution in [1.82, 2.24) is 4.90 Å². The Bertz CT molecular complexity index is 4770. The van der Waals surface area contributed by atoms with Crippen molar-refractivity contribution in [3.8, 4) is 56.2 Å². The van der Waals surface area contributed by atoms with Gasteiger partial charge in [-0.2, -0.15) is 9.13 Å². The summed E-state index contributed by atoms with van der Waals surface area (Å²) in [5.74, 6) is 0.